The van der Waals surface area contributed by atoms with Crippen molar-refractivity contribution in [3.63, 3.8) is 0 Å². The highest BCUT2D eigenvalue weighted by molar-refractivity contribution is 7.95. The van der Waals surface area contributed by atoms with E-state index in [1.807, 2.05) is 44.2 Å². The lowest BCUT2D eigenvalue weighted by Gasteiger charge is -2.27. The molecule has 0 saturated carbocycles. The first kappa shape index (κ1) is 20.9. The molecule has 0 aliphatic carbocycles. The fourth-order valence-corrected chi connectivity index (χ4v) is 5.42. The molecule has 0 bridgehead atoms. The number of hydrogen-bond acceptors (Lipinski definition) is 4. The first-order valence-electron chi connectivity index (χ1n) is 10.1. The second-order valence-electron chi connectivity index (χ2n) is 7.54. The number of carbonyl (C=O) groups is 1. The van der Waals surface area contributed by atoms with Gasteiger partial charge in [-0.05, 0) is 48.7 Å². The molecular formula is C25H23NO4S. The molecule has 1 aliphatic rings. The minimum absolute atomic E-state index is 0.0394. The molecule has 5 nitrogen and oxygen atoms in total. The molecule has 0 fully saturated rings. The number of aliphatic hydroxyl groups excluding tert-OH is 1. The topological polar surface area (TPSA) is 74.7 Å². The Bertz CT molecular complexity index is 1250. The summed E-state index contributed by atoms with van der Waals surface area (Å²) in [6, 6.07) is 21.7. The van der Waals surface area contributed by atoms with Gasteiger partial charge in [-0.1, -0.05) is 67.1 Å². The Labute approximate surface area is 182 Å². The summed E-state index contributed by atoms with van der Waals surface area (Å²) in [6.45, 7) is 3.89. The fraction of sp³-hybridized carbons (Fsp3) is 0.160. The van der Waals surface area contributed by atoms with Crippen molar-refractivity contribution in [1.82, 2.24) is 0 Å². The maximum atomic E-state index is 13.6. The van der Waals surface area contributed by atoms with Crippen LogP contribution in [0, 0.1) is 6.92 Å². The van der Waals surface area contributed by atoms with Crippen molar-refractivity contribution in [1.29, 1.82) is 0 Å². The van der Waals surface area contributed by atoms with Gasteiger partial charge in [0.2, 0.25) is 9.84 Å². The van der Waals surface area contributed by atoms with Crippen LogP contribution in [0.2, 0.25) is 0 Å². The molecule has 1 amide bonds. The largest absolute Gasteiger partial charge is 0.502 e. The standard InChI is InChI=1S/C25H23NO4S/c1-3-18-11-13-19(14-12-18)22-24(31(29,30)21-15-9-17(2)10-16-21)23(27)25(28)26(22)20-7-5-4-6-8-20/h4-16,22,27H,3H2,1-2H3/t22-/m1/s1. The predicted octanol–water partition coefficient (Wildman–Crippen LogP) is 4.89. The highest BCUT2D eigenvalue weighted by atomic mass is 32.2. The Balaban J connectivity index is 1.92. The normalized spacial score (nSPS) is 16.8. The summed E-state index contributed by atoms with van der Waals surface area (Å²) in [7, 11) is -4.12. The van der Waals surface area contributed by atoms with Crippen LogP contribution >= 0.6 is 0 Å². The van der Waals surface area contributed by atoms with Gasteiger partial charge in [0.1, 0.15) is 10.9 Å². The predicted molar refractivity (Wildman–Crippen MR) is 121 cm³/mol. The van der Waals surface area contributed by atoms with Crippen molar-refractivity contribution in [2.24, 2.45) is 0 Å². The molecule has 31 heavy (non-hydrogen) atoms. The van der Waals surface area contributed by atoms with E-state index in [9.17, 15) is 18.3 Å². The maximum Gasteiger partial charge on any atom is 0.295 e. The van der Waals surface area contributed by atoms with Gasteiger partial charge in [0.25, 0.3) is 5.91 Å². The maximum absolute atomic E-state index is 13.6. The minimum atomic E-state index is -4.12. The SMILES string of the molecule is CCc1ccc([C@@H]2C(S(=O)(=O)c3ccc(C)cc3)=C(O)C(=O)N2c2ccccc2)cc1. The Kier molecular flexibility index (Phi) is 5.41. The summed E-state index contributed by atoms with van der Waals surface area (Å²) < 4.78 is 27.2. The molecule has 3 aromatic rings. The molecule has 1 N–H and O–H groups in total. The van der Waals surface area contributed by atoms with E-state index < -0.39 is 27.5 Å². The minimum Gasteiger partial charge on any atom is -0.502 e. The van der Waals surface area contributed by atoms with Crippen LogP contribution in [0.5, 0.6) is 0 Å². The molecule has 3 aromatic carbocycles. The molecule has 158 valence electrons. The number of sulfone groups is 1. The number of aryl methyl sites for hydroxylation is 2. The number of nitrogens with zero attached hydrogens (tertiary/aromatic N) is 1. The third-order valence-electron chi connectivity index (χ3n) is 5.52. The van der Waals surface area contributed by atoms with Gasteiger partial charge < -0.3 is 5.11 Å². The third kappa shape index (κ3) is 3.64. The number of para-hydroxylation sites is 1. The van der Waals surface area contributed by atoms with E-state index in [4.69, 9.17) is 0 Å². The van der Waals surface area contributed by atoms with Crippen LogP contribution in [0.4, 0.5) is 5.69 Å². The van der Waals surface area contributed by atoms with Crippen LogP contribution in [0.25, 0.3) is 0 Å². The van der Waals surface area contributed by atoms with Gasteiger partial charge in [-0.15, -0.1) is 0 Å². The van der Waals surface area contributed by atoms with Gasteiger partial charge in [0, 0.05) is 5.69 Å². The van der Waals surface area contributed by atoms with E-state index in [0.29, 0.717) is 11.3 Å². The van der Waals surface area contributed by atoms with Crippen LogP contribution in [0.15, 0.2) is 94.4 Å². The Morgan fingerprint density at radius 3 is 2.10 bits per heavy atom. The van der Waals surface area contributed by atoms with Crippen LogP contribution in [0.1, 0.15) is 29.7 Å². The quantitative estimate of drug-likeness (QED) is 0.622. The first-order valence-corrected chi connectivity index (χ1v) is 11.5. The summed E-state index contributed by atoms with van der Waals surface area (Å²) in [5.41, 5.74) is 3.13. The number of benzene rings is 3. The van der Waals surface area contributed by atoms with Gasteiger partial charge in [-0.3, -0.25) is 9.69 Å². The highest BCUT2D eigenvalue weighted by Crippen LogP contribution is 2.44. The van der Waals surface area contributed by atoms with E-state index in [2.05, 4.69) is 0 Å². The zero-order valence-corrected chi connectivity index (χ0v) is 18.1. The summed E-state index contributed by atoms with van der Waals surface area (Å²) in [5, 5.41) is 10.8. The lowest BCUT2D eigenvalue weighted by molar-refractivity contribution is -0.117. The Morgan fingerprint density at radius 2 is 1.52 bits per heavy atom. The van der Waals surface area contributed by atoms with Crippen molar-refractivity contribution < 1.29 is 18.3 Å². The summed E-state index contributed by atoms with van der Waals surface area (Å²) in [6.07, 6.45) is 0.835. The Morgan fingerprint density at radius 1 is 0.903 bits per heavy atom. The van der Waals surface area contributed by atoms with E-state index in [0.717, 1.165) is 17.5 Å². The first-order chi connectivity index (χ1) is 14.8. The summed E-state index contributed by atoms with van der Waals surface area (Å²) in [4.78, 5) is 14.2. The molecular weight excluding hydrogens is 410 g/mol. The monoisotopic (exact) mass is 433 g/mol. The van der Waals surface area contributed by atoms with Crippen LogP contribution in [0.3, 0.4) is 0 Å². The second-order valence-corrected chi connectivity index (χ2v) is 9.46. The molecule has 1 aliphatic heterocycles. The summed E-state index contributed by atoms with van der Waals surface area (Å²) in [5.74, 6) is -1.48. The van der Waals surface area contributed by atoms with Crippen molar-refractivity contribution >= 4 is 21.4 Å². The Hall–Kier alpha value is -3.38. The lowest BCUT2D eigenvalue weighted by atomic mass is 10.0. The van der Waals surface area contributed by atoms with Gasteiger partial charge in [0.15, 0.2) is 5.76 Å². The van der Waals surface area contributed by atoms with Gasteiger partial charge in [-0.25, -0.2) is 8.42 Å². The molecule has 0 aromatic heterocycles. The van der Waals surface area contributed by atoms with Crippen LogP contribution in [-0.4, -0.2) is 19.4 Å². The number of rotatable bonds is 5. The molecule has 0 spiro atoms. The van der Waals surface area contributed by atoms with E-state index in [-0.39, 0.29) is 9.80 Å². The molecule has 1 heterocycles. The smallest absolute Gasteiger partial charge is 0.295 e. The van der Waals surface area contributed by atoms with E-state index in [1.165, 1.54) is 17.0 Å². The lowest BCUT2D eigenvalue weighted by Crippen LogP contribution is -2.31. The number of aliphatic hydroxyl groups is 1. The highest BCUT2D eigenvalue weighted by Gasteiger charge is 2.47. The van der Waals surface area contributed by atoms with Gasteiger partial charge in [-0.2, -0.15) is 0 Å². The van der Waals surface area contributed by atoms with E-state index in [1.54, 1.807) is 36.4 Å². The van der Waals surface area contributed by atoms with Crippen LogP contribution in [-0.2, 0) is 21.1 Å². The van der Waals surface area contributed by atoms with Crippen molar-refractivity contribution in [2.75, 3.05) is 4.90 Å². The molecule has 0 unspecified atom stereocenters. The molecule has 6 heteroatoms. The average Bonchev–Trinajstić information content (AvgIpc) is 3.06. The number of anilines is 1. The molecule has 0 radical (unpaired) electrons. The third-order valence-corrected chi connectivity index (χ3v) is 7.41. The fourth-order valence-electron chi connectivity index (χ4n) is 3.79. The van der Waals surface area contributed by atoms with E-state index >= 15 is 0 Å². The number of carbonyl (C=O) groups excluding carboxylic acids is 1. The molecule has 4 rings (SSSR count). The molecule has 0 saturated heterocycles. The summed E-state index contributed by atoms with van der Waals surface area (Å²) >= 11 is 0. The zero-order chi connectivity index (χ0) is 22.2. The van der Waals surface area contributed by atoms with Crippen molar-refractivity contribution in [2.45, 2.75) is 31.2 Å². The average molecular weight is 434 g/mol. The van der Waals surface area contributed by atoms with Crippen molar-refractivity contribution in [3.8, 4) is 0 Å². The zero-order valence-electron chi connectivity index (χ0n) is 17.3. The molecule has 1 atom stereocenters. The number of amides is 1. The van der Waals surface area contributed by atoms with Gasteiger partial charge in [0.05, 0.1) is 4.90 Å². The van der Waals surface area contributed by atoms with Gasteiger partial charge >= 0.3 is 0 Å². The number of hydrogen-bond donors (Lipinski definition) is 1. The van der Waals surface area contributed by atoms with Crippen molar-refractivity contribution in [3.05, 3.63) is 106 Å². The second kappa shape index (κ2) is 8.04. The van der Waals surface area contributed by atoms with Crippen LogP contribution < -0.4 is 4.90 Å².